The van der Waals surface area contributed by atoms with Crippen molar-refractivity contribution in [2.45, 2.75) is 86.5 Å². The maximum Gasteiger partial charge on any atom is 0.295 e. The molecular formula is C100H90N9S3+3. The Balaban J connectivity index is 0.000000122. The van der Waals surface area contributed by atoms with Crippen LogP contribution in [0, 0.1) is 20.8 Å². The van der Waals surface area contributed by atoms with Gasteiger partial charge >= 0.3 is 0 Å². The Kier molecular flexibility index (Phi) is 19.5. The van der Waals surface area contributed by atoms with E-state index < -0.39 is 0 Å². The molecular weight excluding hydrogens is 1420 g/mol. The van der Waals surface area contributed by atoms with E-state index in [0.717, 1.165) is 48.5 Å². The second-order valence-electron chi connectivity index (χ2n) is 31.0. The fourth-order valence-electron chi connectivity index (χ4n) is 16.1. The number of hydrogen-bond acceptors (Lipinski definition) is 6. The van der Waals surface area contributed by atoms with Crippen molar-refractivity contribution < 1.29 is 13.7 Å². The average molecular weight is 1510 g/mol. The lowest BCUT2D eigenvalue weighted by atomic mass is 9.87. The minimum atomic E-state index is 0.120. The summed E-state index contributed by atoms with van der Waals surface area (Å²) in [5.74, 6) is 4.34. The highest BCUT2D eigenvalue weighted by Crippen LogP contribution is 2.44. The van der Waals surface area contributed by atoms with E-state index >= 15 is 0 Å². The number of fused-ring (bicyclic) bond motifs is 6. The fourth-order valence-corrected chi connectivity index (χ4v) is 19.0. The molecule has 0 saturated heterocycles. The number of imidazole rings is 3. The summed E-state index contributed by atoms with van der Waals surface area (Å²) in [7, 11) is 6.54. The number of benzene rings is 13. The highest BCUT2D eigenvalue weighted by Gasteiger charge is 2.34. The van der Waals surface area contributed by atoms with Crippen molar-refractivity contribution in [2.24, 2.45) is 21.1 Å². The normalized spacial score (nSPS) is 11.8. The molecule has 19 rings (SSSR count). The lowest BCUT2D eigenvalue weighted by Gasteiger charge is -2.18. The first-order valence-electron chi connectivity index (χ1n) is 38.6. The van der Waals surface area contributed by atoms with Crippen LogP contribution < -0.4 is 13.7 Å². The van der Waals surface area contributed by atoms with Gasteiger partial charge in [-0.05, 0) is 157 Å². The largest absolute Gasteiger partial charge is 0.295 e. The summed E-state index contributed by atoms with van der Waals surface area (Å²) in [5, 5.41) is 3.18. The Morgan fingerprint density at radius 1 is 0.321 bits per heavy atom. The van der Waals surface area contributed by atoms with Gasteiger partial charge in [-0.1, -0.05) is 255 Å². The highest BCUT2D eigenvalue weighted by atomic mass is 32.1. The number of para-hydroxylation sites is 8. The van der Waals surface area contributed by atoms with Gasteiger partial charge in [0, 0.05) is 33.4 Å². The minimum Gasteiger partial charge on any atom is -0.236 e. The van der Waals surface area contributed by atoms with Gasteiger partial charge in [-0.3, -0.25) is 0 Å². The molecule has 0 bridgehead atoms. The summed E-state index contributed by atoms with van der Waals surface area (Å²) in [4.78, 5) is 14.9. The highest BCUT2D eigenvalue weighted by molar-refractivity contribution is 7.22. The predicted molar refractivity (Wildman–Crippen MR) is 472 cm³/mol. The van der Waals surface area contributed by atoms with Crippen molar-refractivity contribution in [1.29, 1.82) is 0 Å². The van der Waals surface area contributed by atoms with E-state index in [0.29, 0.717) is 11.8 Å². The summed E-state index contributed by atoms with van der Waals surface area (Å²) in [5.41, 5.74) is 31.5. The molecule has 13 aromatic carbocycles. The molecule has 0 radical (unpaired) electrons. The number of hydrogen-bond donors (Lipinski definition) is 0. The zero-order valence-electron chi connectivity index (χ0n) is 65.7. The molecule has 12 heteroatoms. The maximum absolute atomic E-state index is 5.00. The van der Waals surface area contributed by atoms with Crippen LogP contribution in [0.3, 0.4) is 0 Å². The Bertz CT molecular complexity index is 6700. The molecule has 112 heavy (non-hydrogen) atoms. The topological polar surface area (TPSA) is 65.1 Å². The van der Waals surface area contributed by atoms with E-state index in [1.54, 1.807) is 34.0 Å². The molecule has 0 saturated carbocycles. The predicted octanol–water partition coefficient (Wildman–Crippen LogP) is 25.3. The average Bonchev–Trinajstić information content (AvgIpc) is 1.55. The van der Waals surface area contributed by atoms with Crippen molar-refractivity contribution in [1.82, 2.24) is 28.7 Å². The summed E-state index contributed by atoms with van der Waals surface area (Å²) < 4.78 is 18.0. The van der Waals surface area contributed by atoms with Crippen LogP contribution in [0.15, 0.2) is 297 Å². The Morgan fingerprint density at radius 2 is 0.652 bits per heavy atom. The molecule has 6 heterocycles. The first-order valence-corrected chi connectivity index (χ1v) is 41.1. The smallest absolute Gasteiger partial charge is 0.236 e. The standard InChI is InChI=1S/C34H26N3S.C34H34N3S.C32H30N3S/c1-23-21-28-32(38-33(35-28)25-15-7-4-8-16-25)22-27(23)34-36(2)30-19-11-12-20-31(30)37(34)29-18-10-9-17-26(29)24-13-5-3-6-14-24;1-21(2)25-15-12-16-26(22(3)4)32(25)37-30-18-11-10-17-29(30)36(6)34(37)27-20-31-28(19-23(27)5)35-33(38-31)24-13-8-7-9-14-24;1-21-19-26-29(36-30(33-26)22-11-7-6-8-12-22)20-25(21)31-34(5)27-13-9-10-14-28(27)35(31)24-17-15-23(16-18-24)32(2,3)4/h3-22H,1-2H3;7-22H,1-6H3;6-20H,1-5H3/q3*+1. The van der Waals surface area contributed by atoms with Gasteiger partial charge < -0.3 is 0 Å². The maximum atomic E-state index is 5.00. The van der Waals surface area contributed by atoms with Crippen LogP contribution in [0.4, 0.5) is 0 Å². The Hall–Kier alpha value is -12.1. The molecule has 0 aliphatic carbocycles. The number of nitrogens with zero attached hydrogens (tertiary/aromatic N) is 9. The van der Waals surface area contributed by atoms with Crippen LogP contribution in [-0.4, -0.2) is 28.7 Å². The van der Waals surface area contributed by atoms with Crippen molar-refractivity contribution in [3.05, 3.63) is 331 Å². The van der Waals surface area contributed by atoms with Gasteiger partial charge in [0.25, 0.3) is 17.5 Å². The van der Waals surface area contributed by atoms with Gasteiger partial charge in [-0.25, -0.2) is 28.7 Å². The minimum absolute atomic E-state index is 0.120. The SMILES string of the molecule is Cc1cc2nc(-c3ccccc3)sc2cc1-c1n(-c2c(C(C)C)cccc2C(C)C)c2ccccc2[n+]1C.Cc1cc2nc(-c3ccccc3)sc2cc1-c1n(-c2ccc(C(C)(C)C)cc2)c2ccccc2[n+]1C.Cc1cc2nc(-c3ccccc3)sc2cc1-c1n(-c2ccccc2-c2ccccc2)c2ccccc2[n+]1C. The van der Waals surface area contributed by atoms with E-state index in [-0.39, 0.29) is 5.41 Å². The van der Waals surface area contributed by atoms with Crippen LogP contribution in [0.5, 0.6) is 0 Å². The molecule has 0 aliphatic heterocycles. The van der Waals surface area contributed by atoms with Crippen LogP contribution in [0.2, 0.25) is 0 Å². The third-order valence-electron chi connectivity index (χ3n) is 21.8. The molecule has 19 aromatic rings. The van der Waals surface area contributed by atoms with Crippen LogP contribution in [0.1, 0.15) is 93.7 Å². The van der Waals surface area contributed by atoms with Crippen LogP contribution >= 0.6 is 34.0 Å². The molecule has 0 spiro atoms. The van der Waals surface area contributed by atoms with Gasteiger partial charge in [-0.15, -0.1) is 34.0 Å². The second-order valence-corrected chi connectivity index (χ2v) is 34.0. The molecule has 0 aliphatic rings. The molecule has 550 valence electrons. The number of aryl methyl sites for hydroxylation is 6. The summed E-state index contributed by atoms with van der Waals surface area (Å²) in [6.07, 6.45) is 0. The van der Waals surface area contributed by atoms with Crippen LogP contribution in [0.25, 0.3) is 158 Å². The summed E-state index contributed by atoms with van der Waals surface area (Å²) in [6, 6.07) is 106. The molecule has 6 aromatic heterocycles. The van der Waals surface area contributed by atoms with Gasteiger partial charge in [0.2, 0.25) is 0 Å². The zero-order chi connectivity index (χ0) is 77.2. The molecule has 0 atom stereocenters. The number of rotatable bonds is 12. The van der Waals surface area contributed by atoms with Gasteiger partial charge in [0.15, 0.2) is 33.1 Å². The quantitative estimate of drug-likeness (QED) is 0.115. The summed E-state index contributed by atoms with van der Waals surface area (Å²) >= 11 is 5.28. The van der Waals surface area contributed by atoms with E-state index in [4.69, 9.17) is 15.0 Å². The molecule has 9 nitrogen and oxygen atoms in total. The third kappa shape index (κ3) is 13.4. The van der Waals surface area contributed by atoms with Crippen molar-refractivity contribution in [3.8, 4) is 94.1 Å². The van der Waals surface area contributed by atoms with Crippen LogP contribution in [-0.2, 0) is 26.6 Å². The van der Waals surface area contributed by atoms with Gasteiger partial charge in [0.05, 0.1) is 68.5 Å². The molecule has 0 amide bonds. The fraction of sp³-hybridized carbons (Fsp3) is 0.160. The lowest BCUT2D eigenvalue weighted by molar-refractivity contribution is -0.634. The second kappa shape index (κ2) is 30.0. The van der Waals surface area contributed by atoms with Gasteiger partial charge in [-0.2, -0.15) is 13.7 Å². The third-order valence-corrected chi connectivity index (χ3v) is 25.0. The van der Waals surface area contributed by atoms with Crippen molar-refractivity contribution in [2.75, 3.05) is 0 Å². The van der Waals surface area contributed by atoms with Crippen molar-refractivity contribution in [3.63, 3.8) is 0 Å². The molecule has 0 unspecified atom stereocenters. The summed E-state index contributed by atoms with van der Waals surface area (Å²) in [6.45, 7) is 22.6. The number of aromatic nitrogens is 9. The first-order chi connectivity index (χ1) is 54.3. The van der Waals surface area contributed by atoms with Crippen molar-refractivity contribution >= 4 is 97.8 Å². The zero-order valence-corrected chi connectivity index (χ0v) is 68.1. The Labute approximate surface area is 667 Å². The van der Waals surface area contributed by atoms with Gasteiger partial charge in [0.1, 0.15) is 32.1 Å². The van der Waals surface area contributed by atoms with E-state index in [1.165, 1.54) is 143 Å². The molecule has 0 N–H and O–H groups in total. The molecule has 0 fully saturated rings. The lowest BCUT2D eigenvalue weighted by Crippen LogP contribution is -2.30. The first kappa shape index (κ1) is 72.8. The van der Waals surface area contributed by atoms with E-state index in [9.17, 15) is 0 Å². The van der Waals surface area contributed by atoms with E-state index in [1.807, 2.05) is 12.1 Å². The monoisotopic (exact) mass is 1510 g/mol. The Morgan fingerprint density at radius 3 is 1.04 bits per heavy atom. The van der Waals surface area contributed by atoms with E-state index in [2.05, 4.69) is 403 Å². The number of thiazole rings is 3.